The molecule has 0 atom stereocenters. The van der Waals surface area contributed by atoms with E-state index in [9.17, 15) is 9.90 Å². The van der Waals surface area contributed by atoms with Crippen LogP contribution < -0.4 is 0 Å². The fraction of sp³-hybridized carbons (Fsp3) is 0.267. The molecule has 0 bridgehead atoms. The Morgan fingerprint density at radius 3 is 2.67 bits per heavy atom. The molecule has 3 nitrogen and oxygen atoms in total. The lowest BCUT2D eigenvalue weighted by molar-refractivity contribution is 0.0792. The van der Waals surface area contributed by atoms with Crippen molar-refractivity contribution in [3.63, 3.8) is 0 Å². The minimum atomic E-state index is -0.139. The molecule has 1 amide bonds. The summed E-state index contributed by atoms with van der Waals surface area (Å²) < 4.78 is 0. The van der Waals surface area contributed by atoms with Crippen molar-refractivity contribution in [1.82, 2.24) is 4.90 Å². The van der Waals surface area contributed by atoms with Gasteiger partial charge in [-0.05, 0) is 17.9 Å². The van der Waals surface area contributed by atoms with Gasteiger partial charge in [-0.1, -0.05) is 37.3 Å². The van der Waals surface area contributed by atoms with Gasteiger partial charge in [-0.2, -0.15) is 0 Å². The topological polar surface area (TPSA) is 40.5 Å². The summed E-state index contributed by atoms with van der Waals surface area (Å²) in [5, 5.41) is 11.8. The molecule has 0 aliphatic rings. The second kappa shape index (κ2) is 5.08. The quantitative estimate of drug-likeness (QED) is 0.900. The summed E-state index contributed by atoms with van der Waals surface area (Å²) in [6.07, 6.45) is 0.899. The maximum Gasteiger partial charge on any atom is 0.257 e. The van der Waals surface area contributed by atoms with E-state index in [0.717, 1.165) is 11.8 Å². The van der Waals surface area contributed by atoms with E-state index in [1.165, 1.54) is 0 Å². The Hall–Kier alpha value is -2.03. The van der Waals surface area contributed by atoms with E-state index in [1.54, 1.807) is 18.0 Å². The number of aromatic hydroxyl groups is 1. The smallest absolute Gasteiger partial charge is 0.257 e. The highest BCUT2D eigenvalue weighted by atomic mass is 16.3. The largest absolute Gasteiger partial charge is 0.506 e. The average Bonchev–Trinajstić information content (AvgIpc) is 2.39. The van der Waals surface area contributed by atoms with E-state index in [-0.39, 0.29) is 11.7 Å². The second-order valence-corrected chi connectivity index (χ2v) is 4.41. The van der Waals surface area contributed by atoms with E-state index < -0.39 is 0 Å². The summed E-state index contributed by atoms with van der Waals surface area (Å²) in [7, 11) is 1.75. The van der Waals surface area contributed by atoms with Gasteiger partial charge in [0, 0.05) is 19.0 Å². The Bertz CT molecular complexity index is 578. The Morgan fingerprint density at radius 1 is 1.22 bits per heavy atom. The number of fused-ring (bicyclic) bond motifs is 1. The fourth-order valence-electron chi connectivity index (χ4n) is 2.07. The molecule has 0 radical (unpaired) electrons. The lowest BCUT2D eigenvalue weighted by atomic mass is 10.0. The molecule has 0 aliphatic heterocycles. The molecule has 1 N–H and O–H groups in total. The van der Waals surface area contributed by atoms with E-state index >= 15 is 0 Å². The van der Waals surface area contributed by atoms with Gasteiger partial charge >= 0.3 is 0 Å². The van der Waals surface area contributed by atoms with Crippen molar-refractivity contribution in [2.24, 2.45) is 0 Å². The summed E-state index contributed by atoms with van der Waals surface area (Å²) in [5.74, 6) is -0.0684. The van der Waals surface area contributed by atoms with Crippen molar-refractivity contribution >= 4 is 16.7 Å². The Labute approximate surface area is 107 Å². The summed E-state index contributed by atoms with van der Waals surface area (Å²) in [4.78, 5) is 13.8. The van der Waals surface area contributed by atoms with Crippen LogP contribution in [0.1, 0.15) is 23.7 Å². The number of nitrogens with zero attached hydrogens (tertiary/aromatic N) is 1. The number of carbonyl (C=O) groups excluding carboxylic acids is 1. The standard InChI is InChI=1S/C15H17NO2/c1-3-10-16(2)15(18)13-9-8-11-6-4-5-7-12(11)14(13)17/h4-9,17H,3,10H2,1-2H3. The molecule has 3 heteroatoms. The first-order chi connectivity index (χ1) is 8.65. The molecule has 0 unspecified atom stereocenters. The molecule has 0 heterocycles. The molecule has 94 valence electrons. The predicted octanol–water partition coefficient (Wildman–Crippen LogP) is 3.03. The molecule has 2 aromatic rings. The van der Waals surface area contributed by atoms with Gasteiger partial charge in [0.2, 0.25) is 0 Å². The van der Waals surface area contributed by atoms with Crippen LogP contribution >= 0.6 is 0 Å². The zero-order valence-corrected chi connectivity index (χ0v) is 10.7. The number of hydrogen-bond donors (Lipinski definition) is 1. The third-order valence-electron chi connectivity index (χ3n) is 3.04. The summed E-state index contributed by atoms with van der Waals surface area (Å²) in [6.45, 7) is 2.70. The van der Waals surface area contributed by atoms with Crippen LogP contribution in [-0.4, -0.2) is 29.5 Å². The Kier molecular flexibility index (Phi) is 3.51. The molecule has 0 spiro atoms. The van der Waals surface area contributed by atoms with Gasteiger partial charge in [-0.3, -0.25) is 4.79 Å². The van der Waals surface area contributed by atoms with Crippen molar-refractivity contribution in [2.45, 2.75) is 13.3 Å². The number of benzene rings is 2. The van der Waals surface area contributed by atoms with E-state index in [2.05, 4.69) is 0 Å². The second-order valence-electron chi connectivity index (χ2n) is 4.41. The predicted molar refractivity (Wildman–Crippen MR) is 72.9 cm³/mol. The van der Waals surface area contributed by atoms with E-state index in [0.29, 0.717) is 17.5 Å². The molecule has 2 aromatic carbocycles. The van der Waals surface area contributed by atoms with Gasteiger partial charge in [-0.25, -0.2) is 0 Å². The number of phenolic OH excluding ortho intramolecular Hbond substituents is 1. The lowest BCUT2D eigenvalue weighted by Crippen LogP contribution is -2.27. The van der Waals surface area contributed by atoms with Crippen LogP contribution in [0.5, 0.6) is 5.75 Å². The van der Waals surface area contributed by atoms with Gasteiger partial charge < -0.3 is 10.0 Å². The molecule has 0 fully saturated rings. The summed E-state index contributed by atoms with van der Waals surface area (Å²) in [6, 6.07) is 11.0. The fourth-order valence-corrected chi connectivity index (χ4v) is 2.07. The van der Waals surface area contributed by atoms with Crippen LogP contribution in [0.15, 0.2) is 36.4 Å². The first-order valence-electron chi connectivity index (χ1n) is 6.11. The van der Waals surface area contributed by atoms with Gasteiger partial charge in [0.25, 0.3) is 5.91 Å². The first-order valence-corrected chi connectivity index (χ1v) is 6.11. The Balaban J connectivity index is 2.46. The van der Waals surface area contributed by atoms with Crippen LogP contribution in [0, 0.1) is 0 Å². The van der Waals surface area contributed by atoms with E-state index in [1.807, 2.05) is 37.3 Å². The Morgan fingerprint density at radius 2 is 1.94 bits per heavy atom. The SMILES string of the molecule is CCCN(C)C(=O)c1ccc2ccccc2c1O. The van der Waals surface area contributed by atoms with Gasteiger partial charge in [-0.15, -0.1) is 0 Å². The van der Waals surface area contributed by atoms with Crippen LogP contribution in [-0.2, 0) is 0 Å². The molecule has 0 aliphatic carbocycles. The lowest BCUT2D eigenvalue weighted by Gasteiger charge is -2.17. The molecular weight excluding hydrogens is 226 g/mol. The number of carbonyl (C=O) groups is 1. The summed E-state index contributed by atoms with van der Waals surface area (Å²) >= 11 is 0. The maximum atomic E-state index is 12.2. The first kappa shape index (κ1) is 12.4. The third-order valence-corrected chi connectivity index (χ3v) is 3.04. The number of rotatable bonds is 3. The molecule has 2 rings (SSSR count). The highest BCUT2D eigenvalue weighted by Gasteiger charge is 2.16. The molecule has 0 aromatic heterocycles. The van der Waals surface area contributed by atoms with Gasteiger partial charge in [0.15, 0.2) is 0 Å². The highest BCUT2D eigenvalue weighted by molar-refractivity contribution is 6.03. The molecule has 0 saturated heterocycles. The zero-order chi connectivity index (χ0) is 13.1. The van der Waals surface area contributed by atoms with Gasteiger partial charge in [0.05, 0.1) is 5.56 Å². The van der Waals surface area contributed by atoms with Crippen molar-refractivity contribution in [1.29, 1.82) is 0 Å². The van der Waals surface area contributed by atoms with E-state index in [4.69, 9.17) is 0 Å². The van der Waals surface area contributed by atoms with Crippen LogP contribution in [0.4, 0.5) is 0 Å². The van der Waals surface area contributed by atoms with Gasteiger partial charge in [0.1, 0.15) is 5.75 Å². The van der Waals surface area contributed by atoms with Crippen LogP contribution in [0.2, 0.25) is 0 Å². The van der Waals surface area contributed by atoms with Crippen LogP contribution in [0.3, 0.4) is 0 Å². The third kappa shape index (κ3) is 2.16. The van der Waals surface area contributed by atoms with Crippen LogP contribution in [0.25, 0.3) is 10.8 Å². The van der Waals surface area contributed by atoms with Crippen molar-refractivity contribution in [2.75, 3.05) is 13.6 Å². The molecule has 18 heavy (non-hydrogen) atoms. The zero-order valence-electron chi connectivity index (χ0n) is 10.7. The molecular formula is C15H17NO2. The monoisotopic (exact) mass is 243 g/mol. The van der Waals surface area contributed by atoms with Crippen molar-refractivity contribution in [3.8, 4) is 5.75 Å². The number of phenols is 1. The number of hydrogen-bond acceptors (Lipinski definition) is 2. The summed E-state index contributed by atoms with van der Waals surface area (Å²) in [5.41, 5.74) is 0.365. The van der Waals surface area contributed by atoms with Crippen molar-refractivity contribution in [3.05, 3.63) is 42.0 Å². The highest BCUT2D eigenvalue weighted by Crippen LogP contribution is 2.29. The minimum Gasteiger partial charge on any atom is -0.506 e. The average molecular weight is 243 g/mol. The number of amides is 1. The molecule has 0 saturated carbocycles. The maximum absolute atomic E-state index is 12.2. The van der Waals surface area contributed by atoms with Crippen molar-refractivity contribution < 1.29 is 9.90 Å². The normalized spacial score (nSPS) is 10.6. The minimum absolute atomic E-state index is 0.0704.